The molecule has 2 unspecified atom stereocenters. The van der Waals surface area contributed by atoms with Crippen LogP contribution in [0.3, 0.4) is 0 Å². The van der Waals surface area contributed by atoms with E-state index >= 15 is 0 Å². The Morgan fingerprint density at radius 2 is 1.97 bits per heavy atom. The predicted molar refractivity (Wildman–Crippen MR) is 144 cm³/mol. The molecule has 0 bridgehead atoms. The van der Waals surface area contributed by atoms with Crippen LogP contribution in [0, 0.1) is 5.41 Å². The van der Waals surface area contributed by atoms with Gasteiger partial charge in [0.2, 0.25) is 11.8 Å². The topological polar surface area (TPSA) is 122 Å². The molecule has 2 aliphatic rings. The number of hydrogen-bond donors (Lipinski definition) is 2. The molecule has 3 aromatic rings. The summed E-state index contributed by atoms with van der Waals surface area (Å²) in [5.74, 6) is 0.928. The molecule has 1 saturated heterocycles. The number of nitrogens with one attached hydrogen (secondary N) is 1. The highest BCUT2D eigenvalue weighted by atomic mass is 35.5. The Hall–Kier alpha value is -3.50. The summed E-state index contributed by atoms with van der Waals surface area (Å²) in [5, 5.41) is 22.4. The first kappa shape index (κ1) is 27.1. The third-order valence-corrected chi connectivity index (χ3v) is 7.21. The average molecular weight is 553 g/mol. The lowest BCUT2D eigenvalue weighted by Crippen LogP contribution is -2.50. The number of hydrogen-bond acceptors (Lipinski definition) is 7. The second kappa shape index (κ2) is 10.9. The van der Waals surface area contributed by atoms with Gasteiger partial charge >= 0.3 is 0 Å². The highest BCUT2D eigenvalue weighted by molar-refractivity contribution is 6.30. The molecule has 206 valence electrons. The molecule has 10 nitrogen and oxygen atoms in total. The van der Waals surface area contributed by atoms with Crippen LogP contribution in [0.2, 0.25) is 5.02 Å². The molecule has 3 heterocycles. The minimum Gasteiger partial charge on any atom is -0.457 e. The Labute approximate surface area is 232 Å². The summed E-state index contributed by atoms with van der Waals surface area (Å²) >= 11 is 6.03. The number of likely N-dealkylation sites (tertiary alicyclic amines) is 1. The lowest BCUT2D eigenvalue weighted by molar-refractivity contribution is -0.144. The number of pyridine rings is 1. The van der Waals surface area contributed by atoms with Crippen LogP contribution in [0.25, 0.3) is 0 Å². The van der Waals surface area contributed by atoms with Gasteiger partial charge in [0.25, 0.3) is 0 Å². The lowest BCUT2D eigenvalue weighted by atomic mass is 9.85. The Morgan fingerprint density at radius 1 is 1.21 bits per heavy atom. The van der Waals surface area contributed by atoms with Crippen LogP contribution in [0.5, 0.6) is 11.5 Å². The largest absolute Gasteiger partial charge is 0.457 e. The smallest absolute Gasteiger partial charge is 0.248 e. The standard InChI is InChI=1S/C28H33ClN6O4/c1-28(2,3)25(35-16-23(32-33-35)17-7-8-17)27(38)34-15-20(36)13-24(34)26(37)31-14-19-12-22(9-10-30-19)39-21-6-4-5-18(29)11-21/h4-6,9-12,16-17,20,24-25,36H,7-8,13-15H2,1-3H3,(H,31,37)/t20?,24?,25-/m1/s1. The number of carbonyl (C=O) groups is 2. The van der Waals surface area contributed by atoms with Gasteiger partial charge in [0.1, 0.15) is 23.6 Å². The first-order valence-corrected chi connectivity index (χ1v) is 13.5. The molecular formula is C28H33ClN6O4. The zero-order valence-electron chi connectivity index (χ0n) is 22.2. The third-order valence-electron chi connectivity index (χ3n) is 6.97. The van der Waals surface area contributed by atoms with Gasteiger partial charge in [0.05, 0.1) is 24.0 Å². The van der Waals surface area contributed by atoms with E-state index in [-0.39, 0.29) is 31.3 Å². The van der Waals surface area contributed by atoms with Crippen molar-refractivity contribution >= 4 is 23.4 Å². The fourth-order valence-electron chi connectivity index (χ4n) is 4.90. The van der Waals surface area contributed by atoms with E-state index in [2.05, 4.69) is 20.6 Å². The first-order chi connectivity index (χ1) is 18.6. The van der Waals surface area contributed by atoms with Gasteiger partial charge in [-0.3, -0.25) is 14.6 Å². The first-order valence-electron chi connectivity index (χ1n) is 13.1. The van der Waals surface area contributed by atoms with E-state index in [1.54, 1.807) is 47.3 Å². The Bertz CT molecular complexity index is 1350. The fraction of sp³-hybridized carbons (Fsp3) is 0.464. The average Bonchev–Trinajstić information content (AvgIpc) is 3.48. The number of nitrogens with zero attached hydrogens (tertiary/aromatic N) is 5. The Balaban J connectivity index is 1.27. The number of amides is 2. The number of rotatable bonds is 8. The maximum atomic E-state index is 13.9. The van der Waals surface area contributed by atoms with Crippen LogP contribution in [0.1, 0.15) is 63.4 Å². The molecule has 1 aliphatic carbocycles. The maximum absolute atomic E-state index is 13.9. The van der Waals surface area contributed by atoms with Gasteiger partial charge in [-0.1, -0.05) is 43.7 Å². The minimum absolute atomic E-state index is 0.0783. The molecule has 3 atom stereocenters. The van der Waals surface area contributed by atoms with Crippen LogP contribution in [-0.4, -0.2) is 60.5 Å². The molecular weight excluding hydrogens is 520 g/mol. The Kier molecular flexibility index (Phi) is 7.59. The van der Waals surface area contributed by atoms with Crippen molar-refractivity contribution in [3.05, 3.63) is 65.2 Å². The number of β-amino-alcohol motifs (C(OH)–C–C–N with tert-alkyl or cyclic N) is 1. The second-order valence-electron chi connectivity index (χ2n) is 11.3. The monoisotopic (exact) mass is 552 g/mol. The van der Waals surface area contributed by atoms with Gasteiger partial charge in [0.15, 0.2) is 0 Å². The molecule has 0 spiro atoms. The van der Waals surface area contributed by atoms with Crippen molar-refractivity contribution in [2.75, 3.05) is 6.54 Å². The van der Waals surface area contributed by atoms with Gasteiger partial charge in [-0.15, -0.1) is 5.10 Å². The quantitative estimate of drug-likeness (QED) is 0.435. The second-order valence-corrected chi connectivity index (χ2v) is 11.8. The molecule has 2 N–H and O–H groups in total. The highest BCUT2D eigenvalue weighted by Gasteiger charge is 2.45. The molecule has 1 saturated carbocycles. The zero-order valence-corrected chi connectivity index (χ0v) is 23.0. The van der Waals surface area contributed by atoms with Gasteiger partial charge in [-0.05, 0) is 42.5 Å². The number of carbonyl (C=O) groups excluding carboxylic acids is 2. The van der Waals surface area contributed by atoms with Crippen molar-refractivity contribution < 1.29 is 19.4 Å². The van der Waals surface area contributed by atoms with Crippen LogP contribution in [0.15, 0.2) is 48.8 Å². The van der Waals surface area contributed by atoms with E-state index in [9.17, 15) is 14.7 Å². The van der Waals surface area contributed by atoms with Gasteiger partial charge in [-0.2, -0.15) is 0 Å². The summed E-state index contributed by atoms with van der Waals surface area (Å²) in [6.45, 7) is 6.09. The summed E-state index contributed by atoms with van der Waals surface area (Å²) in [7, 11) is 0. The van der Waals surface area contributed by atoms with E-state index in [4.69, 9.17) is 16.3 Å². The van der Waals surface area contributed by atoms with E-state index in [1.165, 1.54) is 4.90 Å². The SMILES string of the molecule is CC(C)(C)[C@@H](C(=O)N1CC(O)CC1C(=O)NCc1cc(Oc2cccc(Cl)c2)ccn1)n1cc(C2CC2)nn1. The molecule has 2 aromatic heterocycles. The van der Waals surface area contributed by atoms with Gasteiger partial charge in [0, 0.05) is 42.4 Å². The van der Waals surface area contributed by atoms with Crippen molar-refractivity contribution in [2.45, 2.75) is 70.7 Å². The van der Waals surface area contributed by atoms with Crippen LogP contribution < -0.4 is 10.1 Å². The number of benzene rings is 1. The summed E-state index contributed by atoms with van der Waals surface area (Å²) in [6.07, 6.45) is 4.96. The van der Waals surface area contributed by atoms with Crippen molar-refractivity contribution in [2.24, 2.45) is 5.41 Å². The minimum atomic E-state index is -0.810. The Morgan fingerprint density at radius 3 is 2.69 bits per heavy atom. The molecule has 11 heteroatoms. The van der Waals surface area contributed by atoms with Gasteiger partial charge < -0.3 is 20.1 Å². The van der Waals surface area contributed by atoms with Crippen molar-refractivity contribution in [3.63, 3.8) is 0 Å². The van der Waals surface area contributed by atoms with E-state index in [1.807, 2.05) is 27.0 Å². The van der Waals surface area contributed by atoms with E-state index in [0.717, 1.165) is 18.5 Å². The number of aliphatic hydroxyl groups excluding tert-OH is 1. The number of aliphatic hydroxyl groups is 1. The predicted octanol–water partition coefficient (Wildman–Crippen LogP) is 3.86. The molecule has 1 aromatic carbocycles. The van der Waals surface area contributed by atoms with Crippen LogP contribution in [-0.2, 0) is 16.1 Å². The third kappa shape index (κ3) is 6.39. The number of aromatic nitrogens is 4. The van der Waals surface area contributed by atoms with Crippen LogP contribution in [0.4, 0.5) is 0 Å². The normalized spacial score (nSPS) is 20.1. The number of ether oxygens (including phenoxy) is 1. The fourth-order valence-corrected chi connectivity index (χ4v) is 5.08. The molecule has 39 heavy (non-hydrogen) atoms. The van der Waals surface area contributed by atoms with E-state index in [0.29, 0.717) is 28.1 Å². The maximum Gasteiger partial charge on any atom is 0.248 e. The van der Waals surface area contributed by atoms with Crippen molar-refractivity contribution in [1.82, 2.24) is 30.2 Å². The number of halogens is 1. The molecule has 1 aliphatic heterocycles. The van der Waals surface area contributed by atoms with E-state index < -0.39 is 23.6 Å². The molecule has 5 rings (SSSR count). The summed E-state index contributed by atoms with van der Waals surface area (Å²) in [4.78, 5) is 32.9. The van der Waals surface area contributed by atoms with Crippen molar-refractivity contribution in [3.8, 4) is 11.5 Å². The molecule has 2 amide bonds. The summed E-state index contributed by atoms with van der Waals surface area (Å²) < 4.78 is 7.47. The molecule has 0 radical (unpaired) electrons. The van der Waals surface area contributed by atoms with Crippen molar-refractivity contribution in [1.29, 1.82) is 0 Å². The summed E-state index contributed by atoms with van der Waals surface area (Å²) in [6, 6.07) is 9.02. The van der Waals surface area contributed by atoms with Crippen LogP contribution >= 0.6 is 11.6 Å². The lowest BCUT2D eigenvalue weighted by Gasteiger charge is -2.34. The van der Waals surface area contributed by atoms with Gasteiger partial charge in [-0.25, -0.2) is 4.68 Å². The highest BCUT2D eigenvalue weighted by Crippen LogP contribution is 2.40. The zero-order chi connectivity index (χ0) is 27.7. The summed E-state index contributed by atoms with van der Waals surface area (Å²) in [5.41, 5.74) is 0.983. The molecule has 2 fully saturated rings.